The molecule has 2 aromatic carbocycles. The van der Waals surface area contributed by atoms with E-state index in [0.717, 1.165) is 14.5 Å². The third-order valence-corrected chi connectivity index (χ3v) is 4.17. The van der Waals surface area contributed by atoms with Crippen LogP contribution in [0.4, 0.5) is 0 Å². The number of carbonyl (C=O) groups excluding carboxylic acids is 1. The predicted molar refractivity (Wildman–Crippen MR) is 87.9 cm³/mol. The Labute approximate surface area is 139 Å². The van der Waals surface area contributed by atoms with E-state index in [1.165, 1.54) is 0 Å². The smallest absolute Gasteiger partial charge is 0.171 e. The van der Waals surface area contributed by atoms with E-state index < -0.39 is 0 Å². The molecule has 2 aromatic rings. The number of Topliss-reactive ketones (excluding diaryl/α,β-unsaturated/α-hetero) is 1. The summed E-state index contributed by atoms with van der Waals surface area (Å²) >= 11 is 12.8. The molecule has 104 valence electrons. The lowest BCUT2D eigenvalue weighted by Crippen LogP contribution is -2.06. The summed E-state index contributed by atoms with van der Waals surface area (Å²) in [4.78, 5) is 12.4. The Balaban J connectivity index is 2.28. The monoisotopic (exact) mass is 416 g/mol. The van der Waals surface area contributed by atoms with E-state index in [4.69, 9.17) is 16.3 Å². The van der Waals surface area contributed by atoms with Gasteiger partial charge in [-0.1, -0.05) is 49.5 Å². The Bertz CT molecular complexity index is 656. The lowest BCUT2D eigenvalue weighted by Gasteiger charge is -2.09. The molecule has 2 rings (SSSR count). The molecule has 0 spiro atoms. The van der Waals surface area contributed by atoms with Crippen molar-refractivity contribution in [1.29, 1.82) is 0 Å². The summed E-state index contributed by atoms with van der Waals surface area (Å²) in [5.41, 5.74) is 1.35. The first-order valence-electron chi connectivity index (χ1n) is 5.82. The van der Waals surface area contributed by atoms with Crippen LogP contribution in [-0.4, -0.2) is 12.9 Å². The molecule has 0 heterocycles. The van der Waals surface area contributed by atoms with Crippen molar-refractivity contribution in [1.82, 2.24) is 0 Å². The molecule has 0 N–H and O–H groups in total. The summed E-state index contributed by atoms with van der Waals surface area (Å²) in [5, 5.41) is 0.573. The highest BCUT2D eigenvalue weighted by molar-refractivity contribution is 9.10. The van der Waals surface area contributed by atoms with E-state index in [9.17, 15) is 4.79 Å². The highest BCUT2D eigenvalue weighted by Crippen LogP contribution is 2.27. The maximum Gasteiger partial charge on any atom is 0.171 e. The van der Waals surface area contributed by atoms with Crippen molar-refractivity contribution in [3.63, 3.8) is 0 Å². The second kappa shape index (κ2) is 6.74. The lowest BCUT2D eigenvalue weighted by molar-refractivity contribution is 0.0990. The molecule has 0 bridgehead atoms. The Morgan fingerprint density at radius 3 is 2.45 bits per heavy atom. The van der Waals surface area contributed by atoms with Crippen LogP contribution in [-0.2, 0) is 6.42 Å². The van der Waals surface area contributed by atoms with Gasteiger partial charge >= 0.3 is 0 Å². The van der Waals surface area contributed by atoms with Crippen molar-refractivity contribution in [2.45, 2.75) is 6.42 Å². The summed E-state index contributed by atoms with van der Waals surface area (Å²) in [6.45, 7) is 0. The molecule has 0 saturated heterocycles. The van der Waals surface area contributed by atoms with Gasteiger partial charge in [-0.3, -0.25) is 4.79 Å². The van der Waals surface area contributed by atoms with Crippen LogP contribution in [0.3, 0.4) is 0 Å². The zero-order chi connectivity index (χ0) is 14.7. The molecule has 0 aliphatic rings. The second-order valence-corrected chi connectivity index (χ2v) is 6.42. The van der Waals surface area contributed by atoms with Gasteiger partial charge in [0.05, 0.1) is 12.7 Å². The van der Waals surface area contributed by atoms with Crippen LogP contribution in [0.5, 0.6) is 5.75 Å². The number of carbonyl (C=O) groups is 1. The molecule has 0 aromatic heterocycles. The van der Waals surface area contributed by atoms with E-state index in [1.54, 1.807) is 25.3 Å². The molecule has 0 aliphatic heterocycles. The standard InChI is InChI=1S/C15H11Br2ClO2/c1-20-15-8-11(17)4-5-12(15)14(19)6-9-2-3-10(16)7-13(9)18/h2-5,7-8H,6H2,1H3. The first-order valence-corrected chi connectivity index (χ1v) is 7.78. The molecule has 0 unspecified atom stereocenters. The van der Waals surface area contributed by atoms with Gasteiger partial charge < -0.3 is 4.74 Å². The van der Waals surface area contributed by atoms with Gasteiger partial charge in [-0.15, -0.1) is 0 Å². The zero-order valence-corrected chi connectivity index (χ0v) is 14.5. The van der Waals surface area contributed by atoms with Gasteiger partial charge in [0.1, 0.15) is 5.75 Å². The van der Waals surface area contributed by atoms with E-state index >= 15 is 0 Å². The fourth-order valence-electron chi connectivity index (χ4n) is 1.83. The van der Waals surface area contributed by atoms with Gasteiger partial charge in [-0.25, -0.2) is 0 Å². The molecule has 0 saturated carbocycles. The normalized spacial score (nSPS) is 10.4. The van der Waals surface area contributed by atoms with Crippen LogP contribution in [0.15, 0.2) is 45.3 Å². The van der Waals surface area contributed by atoms with Crippen molar-refractivity contribution < 1.29 is 9.53 Å². The Morgan fingerprint density at radius 2 is 1.80 bits per heavy atom. The van der Waals surface area contributed by atoms with Crippen LogP contribution >= 0.6 is 43.5 Å². The largest absolute Gasteiger partial charge is 0.496 e. The number of halogens is 3. The highest BCUT2D eigenvalue weighted by Gasteiger charge is 2.14. The quantitative estimate of drug-likeness (QED) is 0.630. The number of ether oxygens (including phenoxy) is 1. The van der Waals surface area contributed by atoms with Gasteiger partial charge in [0, 0.05) is 20.4 Å². The fourth-order valence-corrected chi connectivity index (χ4v) is 2.91. The van der Waals surface area contributed by atoms with Crippen LogP contribution in [0.1, 0.15) is 15.9 Å². The van der Waals surface area contributed by atoms with E-state index in [1.807, 2.05) is 18.2 Å². The minimum atomic E-state index is -0.0291. The average molecular weight is 419 g/mol. The molecule has 0 amide bonds. The summed E-state index contributed by atoms with van der Waals surface area (Å²) < 4.78 is 7.00. The van der Waals surface area contributed by atoms with Crippen LogP contribution < -0.4 is 4.74 Å². The van der Waals surface area contributed by atoms with Crippen molar-refractivity contribution >= 4 is 49.2 Å². The van der Waals surface area contributed by atoms with Gasteiger partial charge in [0.25, 0.3) is 0 Å². The summed E-state index contributed by atoms with van der Waals surface area (Å²) in [6, 6.07) is 10.8. The van der Waals surface area contributed by atoms with Crippen LogP contribution in [0.2, 0.25) is 5.02 Å². The number of ketones is 1. The number of rotatable bonds is 4. The fraction of sp³-hybridized carbons (Fsp3) is 0.133. The van der Waals surface area contributed by atoms with Gasteiger partial charge in [0.15, 0.2) is 5.78 Å². The van der Waals surface area contributed by atoms with Crippen LogP contribution in [0, 0.1) is 0 Å². The minimum Gasteiger partial charge on any atom is -0.496 e. The molecule has 0 radical (unpaired) electrons. The number of hydrogen-bond acceptors (Lipinski definition) is 2. The molecular formula is C15H11Br2ClO2. The maximum atomic E-state index is 12.4. The summed E-state index contributed by atoms with van der Waals surface area (Å²) in [7, 11) is 1.55. The molecule has 5 heteroatoms. The van der Waals surface area contributed by atoms with Crippen molar-refractivity contribution in [3.05, 3.63) is 61.5 Å². The predicted octanol–water partition coefficient (Wildman–Crippen LogP) is 5.30. The number of benzene rings is 2. The minimum absolute atomic E-state index is 0.0291. The SMILES string of the molecule is COc1cc(Br)ccc1C(=O)Cc1ccc(Br)cc1Cl. The molecule has 2 nitrogen and oxygen atoms in total. The molecule has 0 fully saturated rings. The summed E-state index contributed by atoms with van der Waals surface area (Å²) in [5.74, 6) is 0.524. The number of methoxy groups -OCH3 is 1. The Morgan fingerprint density at radius 1 is 1.15 bits per heavy atom. The average Bonchev–Trinajstić information content (AvgIpc) is 2.41. The Hall–Kier alpha value is -0.840. The second-order valence-electron chi connectivity index (χ2n) is 4.18. The first-order chi connectivity index (χ1) is 9.51. The summed E-state index contributed by atoms with van der Waals surface area (Å²) in [6.07, 6.45) is 0.240. The van der Waals surface area contributed by atoms with Crippen molar-refractivity contribution in [3.8, 4) is 5.75 Å². The third-order valence-electron chi connectivity index (χ3n) is 2.83. The molecule has 0 aliphatic carbocycles. The van der Waals surface area contributed by atoms with Gasteiger partial charge in [-0.05, 0) is 35.9 Å². The molecule has 20 heavy (non-hydrogen) atoms. The van der Waals surface area contributed by atoms with Crippen molar-refractivity contribution in [2.24, 2.45) is 0 Å². The van der Waals surface area contributed by atoms with E-state index in [-0.39, 0.29) is 12.2 Å². The van der Waals surface area contributed by atoms with Crippen molar-refractivity contribution in [2.75, 3.05) is 7.11 Å². The lowest BCUT2D eigenvalue weighted by atomic mass is 10.0. The van der Waals surface area contributed by atoms with E-state index in [0.29, 0.717) is 16.3 Å². The topological polar surface area (TPSA) is 26.3 Å². The molecular weight excluding hydrogens is 407 g/mol. The zero-order valence-electron chi connectivity index (χ0n) is 10.6. The maximum absolute atomic E-state index is 12.4. The highest BCUT2D eigenvalue weighted by atomic mass is 79.9. The number of hydrogen-bond donors (Lipinski definition) is 0. The third kappa shape index (κ3) is 3.62. The first kappa shape index (κ1) is 15.5. The van der Waals surface area contributed by atoms with Crippen LogP contribution in [0.25, 0.3) is 0 Å². The van der Waals surface area contributed by atoms with Gasteiger partial charge in [0.2, 0.25) is 0 Å². The van der Waals surface area contributed by atoms with E-state index in [2.05, 4.69) is 31.9 Å². The Kier molecular flexibility index (Phi) is 5.24. The van der Waals surface area contributed by atoms with Gasteiger partial charge in [-0.2, -0.15) is 0 Å². The molecule has 0 atom stereocenters.